The Bertz CT molecular complexity index is 1310. The van der Waals surface area contributed by atoms with Crippen LogP contribution >= 0.6 is 0 Å². The Morgan fingerprint density at radius 1 is 1.00 bits per heavy atom. The van der Waals surface area contributed by atoms with E-state index >= 15 is 0 Å². The average Bonchev–Trinajstić information content (AvgIpc) is 2.96. The number of hydrogen-bond donors (Lipinski definition) is 0. The highest BCUT2D eigenvalue weighted by atomic mass is 19.1. The molecule has 4 rings (SSSR count). The van der Waals surface area contributed by atoms with Gasteiger partial charge in [0.15, 0.2) is 0 Å². The van der Waals surface area contributed by atoms with Gasteiger partial charge in [-0.25, -0.2) is 4.39 Å². The summed E-state index contributed by atoms with van der Waals surface area (Å²) in [6, 6.07) is 20.2. The van der Waals surface area contributed by atoms with Gasteiger partial charge >= 0.3 is 5.97 Å². The zero-order valence-corrected chi connectivity index (χ0v) is 22.3. The quantitative estimate of drug-likeness (QED) is 0.362. The molecule has 0 unspecified atom stereocenters. The topological polar surface area (TPSA) is 76.2 Å². The molecule has 1 heterocycles. The molecule has 7 nitrogen and oxygen atoms in total. The molecule has 0 saturated carbocycles. The predicted octanol–water partition coefficient (Wildman–Crippen LogP) is 5.03. The number of esters is 1. The predicted molar refractivity (Wildman–Crippen MR) is 146 cm³/mol. The van der Waals surface area contributed by atoms with Crippen molar-refractivity contribution >= 4 is 23.5 Å². The van der Waals surface area contributed by atoms with E-state index in [1.807, 2.05) is 12.1 Å². The average molecular weight is 533 g/mol. The summed E-state index contributed by atoms with van der Waals surface area (Å²) in [5, 5.41) is 0. The number of anilines is 1. The number of amides is 2. The standard InChI is InChI=1S/C31H33FN2O5/c1-3-39-31(37)25-9-6-16-33(21-25)29(35)18-22-12-14-27(15-13-22)34(20-23-7-4-10-26(32)17-23)30(36)24-8-5-11-28(19-24)38-2/h4-5,7-8,10-15,17,19,25H,3,6,9,16,18,20-21H2,1-2H3/t25-/m1/s1. The van der Waals surface area contributed by atoms with Crippen LogP contribution in [0.25, 0.3) is 0 Å². The maximum Gasteiger partial charge on any atom is 0.310 e. The molecular formula is C31H33FN2O5. The Hall–Kier alpha value is -4.20. The number of methoxy groups -OCH3 is 1. The van der Waals surface area contributed by atoms with Gasteiger partial charge in [0.1, 0.15) is 11.6 Å². The molecule has 3 aromatic rings. The molecule has 2 amide bonds. The zero-order valence-electron chi connectivity index (χ0n) is 22.3. The summed E-state index contributed by atoms with van der Waals surface area (Å²) in [4.78, 5) is 42.0. The van der Waals surface area contributed by atoms with Crippen LogP contribution in [0.3, 0.4) is 0 Å². The van der Waals surface area contributed by atoms with E-state index < -0.39 is 0 Å². The van der Waals surface area contributed by atoms with Gasteiger partial charge < -0.3 is 19.3 Å². The number of likely N-dealkylation sites (tertiary alicyclic amines) is 1. The molecule has 0 aromatic heterocycles. The maximum absolute atomic E-state index is 13.9. The summed E-state index contributed by atoms with van der Waals surface area (Å²) in [5.74, 6) is -0.676. The van der Waals surface area contributed by atoms with E-state index in [-0.39, 0.29) is 42.5 Å². The molecule has 0 radical (unpaired) electrons. The lowest BCUT2D eigenvalue weighted by Crippen LogP contribution is -2.43. The highest BCUT2D eigenvalue weighted by Gasteiger charge is 2.29. The third kappa shape index (κ3) is 7.22. The number of ether oxygens (including phenoxy) is 2. The molecule has 1 saturated heterocycles. The number of carbonyl (C=O) groups is 3. The van der Waals surface area contributed by atoms with Crippen molar-refractivity contribution in [3.63, 3.8) is 0 Å². The molecule has 1 aliphatic rings. The highest BCUT2D eigenvalue weighted by molar-refractivity contribution is 6.06. The summed E-state index contributed by atoms with van der Waals surface area (Å²) >= 11 is 0. The Morgan fingerprint density at radius 3 is 2.49 bits per heavy atom. The van der Waals surface area contributed by atoms with E-state index in [1.54, 1.807) is 65.3 Å². The fraction of sp³-hybridized carbons (Fsp3) is 0.323. The van der Waals surface area contributed by atoms with E-state index in [0.717, 1.165) is 18.4 Å². The van der Waals surface area contributed by atoms with Crippen LogP contribution in [0.1, 0.15) is 41.3 Å². The normalized spacial score (nSPS) is 14.9. The van der Waals surface area contributed by atoms with Crippen LogP contribution in [0.15, 0.2) is 72.8 Å². The Balaban J connectivity index is 1.51. The second kappa shape index (κ2) is 13.0. The number of carbonyl (C=O) groups excluding carboxylic acids is 3. The molecule has 1 fully saturated rings. The highest BCUT2D eigenvalue weighted by Crippen LogP contribution is 2.24. The minimum atomic E-state index is -0.377. The second-order valence-electron chi connectivity index (χ2n) is 9.53. The van der Waals surface area contributed by atoms with E-state index in [4.69, 9.17) is 9.47 Å². The van der Waals surface area contributed by atoms with Crippen molar-refractivity contribution in [2.75, 3.05) is 31.7 Å². The maximum atomic E-state index is 13.9. The number of benzene rings is 3. The number of piperidine rings is 1. The van der Waals surface area contributed by atoms with Crippen molar-refractivity contribution < 1.29 is 28.2 Å². The second-order valence-corrected chi connectivity index (χ2v) is 9.53. The number of halogens is 1. The van der Waals surface area contributed by atoms with Gasteiger partial charge in [-0.2, -0.15) is 0 Å². The van der Waals surface area contributed by atoms with Crippen LogP contribution in [-0.4, -0.2) is 49.5 Å². The van der Waals surface area contributed by atoms with Crippen LogP contribution in [0.5, 0.6) is 5.75 Å². The van der Waals surface area contributed by atoms with Gasteiger partial charge in [0.25, 0.3) is 5.91 Å². The Labute approximate surface area is 228 Å². The van der Waals surface area contributed by atoms with Crippen LogP contribution in [-0.2, 0) is 27.3 Å². The number of hydrogen-bond acceptors (Lipinski definition) is 5. The third-order valence-corrected chi connectivity index (χ3v) is 6.79. The SMILES string of the molecule is CCOC(=O)[C@@H]1CCCN(C(=O)Cc2ccc(N(Cc3cccc(F)c3)C(=O)c3cccc(OC)c3)cc2)C1. The molecule has 0 aliphatic carbocycles. The van der Waals surface area contributed by atoms with Crippen LogP contribution in [0.2, 0.25) is 0 Å². The van der Waals surface area contributed by atoms with Crippen molar-refractivity contribution in [2.45, 2.75) is 32.7 Å². The molecule has 3 aromatic carbocycles. The summed E-state index contributed by atoms with van der Waals surface area (Å²) in [5.41, 5.74) is 2.49. The van der Waals surface area contributed by atoms with Crippen LogP contribution in [0.4, 0.5) is 10.1 Å². The lowest BCUT2D eigenvalue weighted by atomic mass is 9.97. The first kappa shape index (κ1) is 27.8. The molecule has 0 N–H and O–H groups in total. The van der Waals surface area contributed by atoms with Gasteiger partial charge in [0.2, 0.25) is 5.91 Å². The minimum Gasteiger partial charge on any atom is -0.497 e. The fourth-order valence-corrected chi connectivity index (χ4v) is 4.75. The molecule has 204 valence electrons. The first-order chi connectivity index (χ1) is 18.9. The summed E-state index contributed by atoms with van der Waals surface area (Å²) < 4.78 is 24.3. The first-order valence-electron chi connectivity index (χ1n) is 13.1. The van der Waals surface area contributed by atoms with Crippen molar-refractivity contribution in [1.82, 2.24) is 4.90 Å². The van der Waals surface area contributed by atoms with Gasteiger partial charge in [-0.1, -0.05) is 30.3 Å². The van der Waals surface area contributed by atoms with Crippen molar-refractivity contribution in [3.8, 4) is 5.75 Å². The lowest BCUT2D eigenvalue weighted by molar-refractivity contribution is -0.151. The number of nitrogens with zero attached hydrogens (tertiary/aromatic N) is 2. The van der Waals surface area contributed by atoms with Gasteiger partial charge in [0.05, 0.1) is 32.6 Å². The monoisotopic (exact) mass is 532 g/mol. The number of rotatable bonds is 9. The Morgan fingerprint density at radius 2 is 1.77 bits per heavy atom. The van der Waals surface area contributed by atoms with Crippen molar-refractivity contribution in [1.29, 1.82) is 0 Å². The van der Waals surface area contributed by atoms with Crippen molar-refractivity contribution in [2.24, 2.45) is 5.92 Å². The zero-order chi connectivity index (χ0) is 27.8. The van der Waals surface area contributed by atoms with Gasteiger partial charge in [0, 0.05) is 24.3 Å². The van der Waals surface area contributed by atoms with Crippen LogP contribution < -0.4 is 9.64 Å². The van der Waals surface area contributed by atoms with Gasteiger partial charge in [-0.05, 0) is 73.4 Å². The van der Waals surface area contributed by atoms with E-state index in [0.29, 0.717) is 42.3 Å². The smallest absolute Gasteiger partial charge is 0.310 e. The molecule has 0 spiro atoms. The molecule has 0 bridgehead atoms. The summed E-state index contributed by atoms with van der Waals surface area (Å²) in [6.45, 7) is 3.24. The summed E-state index contributed by atoms with van der Waals surface area (Å²) in [6.07, 6.45) is 1.67. The van der Waals surface area contributed by atoms with E-state index in [2.05, 4.69) is 0 Å². The minimum absolute atomic E-state index is 0.0548. The van der Waals surface area contributed by atoms with Crippen LogP contribution in [0, 0.1) is 11.7 Å². The lowest BCUT2D eigenvalue weighted by Gasteiger charge is -2.31. The third-order valence-electron chi connectivity index (χ3n) is 6.79. The van der Waals surface area contributed by atoms with E-state index in [1.165, 1.54) is 19.2 Å². The summed E-state index contributed by atoms with van der Waals surface area (Å²) in [7, 11) is 1.54. The first-order valence-corrected chi connectivity index (χ1v) is 13.1. The molecule has 1 atom stereocenters. The molecular weight excluding hydrogens is 499 g/mol. The molecule has 1 aliphatic heterocycles. The van der Waals surface area contributed by atoms with Crippen molar-refractivity contribution in [3.05, 3.63) is 95.3 Å². The van der Waals surface area contributed by atoms with Gasteiger partial charge in [-0.3, -0.25) is 14.4 Å². The van der Waals surface area contributed by atoms with E-state index in [9.17, 15) is 18.8 Å². The molecule has 39 heavy (non-hydrogen) atoms. The molecule has 8 heteroatoms. The Kier molecular flexibility index (Phi) is 9.31. The fourth-order valence-electron chi connectivity index (χ4n) is 4.75. The largest absolute Gasteiger partial charge is 0.497 e. The van der Waals surface area contributed by atoms with Gasteiger partial charge in [-0.15, -0.1) is 0 Å².